The molecule has 0 spiro atoms. The number of imide groups is 1. The van der Waals surface area contributed by atoms with Gasteiger partial charge in [0, 0.05) is 36.7 Å². The largest absolute Gasteiger partial charge is 0.358 e. The predicted octanol–water partition coefficient (Wildman–Crippen LogP) is 1.89. The molecule has 9 nitrogen and oxygen atoms in total. The zero-order valence-electron chi connectivity index (χ0n) is 18.8. The van der Waals surface area contributed by atoms with Crippen LogP contribution in [0.25, 0.3) is 11.0 Å². The molecule has 2 aliphatic heterocycles. The van der Waals surface area contributed by atoms with Crippen molar-refractivity contribution in [3.05, 3.63) is 58.9 Å². The summed E-state index contributed by atoms with van der Waals surface area (Å²) < 4.78 is 0. The SMILES string of the molecule is O=C1NC(=O)/C(=C/C2=CCNC(NC3CCC(NCCc4ccc5nccnc5c4)CC3)N2)S1. The number of nitrogens with zero attached hydrogens (tertiary/aromatic N) is 2. The van der Waals surface area contributed by atoms with E-state index in [1.165, 1.54) is 5.56 Å². The molecule has 3 heterocycles. The number of fused-ring (bicyclic) bond motifs is 1. The van der Waals surface area contributed by atoms with Gasteiger partial charge in [0.15, 0.2) is 0 Å². The number of rotatable bonds is 7. The van der Waals surface area contributed by atoms with E-state index < -0.39 is 0 Å². The summed E-state index contributed by atoms with van der Waals surface area (Å²) in [5, 5.41) is 16.1. The van der Waals surface area contributed by atoms with Crippen molar-refractivity contribution in [3.63, 3.8) is 0 Å². The van der Waals surface area contributed by atoms with Crippen molar-refractivity contribution >= 4 is 33.9 Å². The van der Waals surface area contributed by atoms with Gasteiger partial charge in [-0.05, 0) is 80.3 Å². The van der Waals surface area contributed by atoms with Crippen LogP contribution in [0.5, 0.6) is 0 Å². The molecular weight excluding hydrogens is 450 g/mol. The maximum Gasteiger partial charge on any atom is 0.290 e. The molecule has 1 atom stereocenters. The zero-order valence-corrected chi connectivity index (χ0v) is 19.7. The molecule has 2 amide bonds. The first-order chi connectivity index (χ1) is 16.6. The second kappa shape index (κ2) is 10.6. The molecule has 10 heteroatoms. The molecule has 2 aromatic rings. The third kappa shape index (κ3) is 5.82. The van der Waals surface area contributed by atoms with Gasteiger partial charge in [-0.15, -0.1) is 0 Å². The molecule has 2 fully saturated rings. The zero-order chi connectivity index (χ0) is 23.3. The van der Waals surface area contributed by atoms with E-state index in [0.717, 1.165) is 67.1 Å². The molecular formula is C24H29N7O2S. The van der Waals surface area contributed by atoms with Crippen molar-refractivity contribution in [3.8, 4) is 0 Å². The van der Waals surface area contributed by atoms with Crippen molar-refractivity contribution < 1.29 is 9.59 Å². The van der Waals surface area contributed by atoms with Crippen molar-refractivity contribution in [2.24, 2.45) is 0 Å². The third-order valence-corrected chi connectivity index (χ3v) is 7.20. The third-order valence-electron chi connectivity index (χ3n) is 6.39. The Morgan fingerprint density at radius 3 is 2.65 bits per heavy atom. The number of carbonyl (C=O) groups excluding carboxylic acids is 2. The average molecular weight is 480 g/mol. The van der Waals surface area contributed by atoms with E-state index >= 15 is 0 Å². The van der Waals surface area contributed by atoms with Crippen LogP contribution >= 0.6 is 11.8 Å². The van der Waals surface area contributed by atoms with Gasteiger partial charge in [0.2, 0.25) is 0 Å². The molecule has 5 rings (SSSR count). The van der Waals surface area contributed by atoms with E-state index in [-0.39, 0.29) is 17.4 Å². The Morgan fingerprint density at radius 2 is 1.85 bits per heavy atom. The molecule has 178 valence electrons. The lowest BCUT2D eigenvalue weighted by molar-refractivity contribution is -0.115. The Morgan fingerprint density at radius 1 is 1.06 bits per heavy atom. The minimum absolute atomic E-state index is 0.0625. The van der Waals surface area contributed by atoms with Gasteiger partial charge < -0.3 is 10.6 Å². The molecule has 1 aromatic carbocycles. The van der Waals surface area contributed by atoms with Crippen LogP contribution < -0.4 is 26.6 Å². The van der Waals surface area contributed by atoms with Crippen LogP contribution in [0, 0.1) is 0 Å². The summed E-state index contributed by atoms with van der Waals surface area (Å²) in [7, 11) is 0. The summed E-state index contributed by atoms with van der Waals surface area (Å²) >= 11 is 0.937. The van der Waals surface area contributed by atoms with Crippen molar-refractivity contribution in [1.29, 1.82) is 0 Å². The Bertz CT molecular complexity index is 1130. The van der Waals surface area contributed by atoms with Gasteiger partial charge in [0.05, 0.1) is 15.9 Å². The van der Waals surface area contributed by atoms with Gasteiger partial charge in [-0.3, -0.25) is 35.5 Å². The van der Waals surface area contributed by atoms with Crippen molar-refractivity contribution in [2.75, 3.05) is 13.1 Å². The van der Waals surface area contributed by atoms with Crippen LogP contribution in [0.2, 0.25) is 0 Å². The van der Waals surface area contributed by atoms with Gasteiger partial charge in [0.1, 0.15) is 6.29 Å². The summed E-state index contributed by atoms with van der Waals surface area (Å²) in [5.74, 6) is -0.333. The number of allylic oxidation sites excluding steroid dienone is 1. The molecule has 1 unspecified atom stereocenters. The fraction of sp³-hybridized carbons (Fsp3) is 0.417. The van der Waals surface area contributed by atoms with Gasteiger partial charge >= 0.3 is 0 Å². The molecule has 1 aliphatic carbocycles. The Hall–Kier alpha value is -2.79. The number of hydrogen-bond donors (Lipinski definition) is 5. The number of nitrogens with one attached hydrogen (secondary N) is 5. The Kier molecular flexibility index (Phi) is 7.19. The lowest BCUT2D eigenvalue weighted by Crippen LogP contribution is -2.58. The number of amides is 2. The molecule has 34 heavy (non-hydrogen) atoms. The first-order valence-corrected chi connectivity index (χ1v) is 12.6. The summed E-state index contributed by atoms with van der Waals surface area (Å²) in [6.07, 6.45) is 12.6. The van der Waals surface area contributed by atoms with Crippen LogP contribution in [0.1, 0.15) is 31.2 Å². The Labute approximate surface area is 202 Å². The molecule has 0 bridgehead atoms. The minimum Gasteiger partial charge on any atom is -0.358 e. The summed E-state index contributed by atoms with van der Waals surface area (Å²) in [5.41, 5.74) is 4.01. The number of benzene rings is 1. The number of carbonyl (C=O) groups is 2. The maximum atomic E-state index is 11.8. The highest BCUT2D eigenvalue weighted by atomic mass is 32.2. The number of thioether (sulfide) groups is 1. The van der Waals surface area contributed by atoms with Crippen LogP contribution in [0.4, 0.5) is 4.79 Å². The number of hydrogen-bond acceptors (Lipinski definition) is 9. The summed E-state index contributed by atoms with van der Waals surface area (Å²) in [6.45, 7) is 1.65. The quantitative estimate of drug-likeness (QED) is 0.379. The van der Waals surface area contributed by atoms with Gasteiger partial charge in [-0.2, -0.15) is 0 Å². The van der Waals surface area contributed by atoms with Crippen LogP contribution in [-0.4, -0.2) is 52.6 Å². The average Bonchev–Trinajstić information content (AvgIpc) is 3.16. The second-order valence-corrected chi connectivity index (χ2v) is 9.81. The minimum atomic E-state index is -0.333. The number of aromatic nitrogens is 2. The standard InChI is InChI=1S/C24H29N7O2S/c32-22-21(34-24(33)31-22)14-18-8-10-28-23(30-18)29-17-4-2-16(3-5-17)25-9-7-15-1-6-19-20(13-15)27-12-11-26-19/h1,6,8,11-14,16-17,23,25,28-30H,2-5,7,9-10H2,(H,31,32,33)/b21-14-. The van der Waals surface area contributed by atoms with Crippen LogP contribution in [-0.2, 0) is 11.2 Å². The van der Waals surface area contributed by atoms with Gasteiger partial charge in [0.25, 0.3) is 11.1 Å². The highest BCUT2D eigenvalue weighted by Crippen LogP contribution is 2.24. The summed E-state index contributed by atoms with van der Waals surface area (Å²) in [4.78, 5) is 32.3. The fourth-order valence-corrected chi connectivity index (χ4v) is 5.28. The highest BCUT2D eigenvalue weighted by Gasteiger charge is 2.27. The van der Waals surface area contributed by atoms with Gasteiger partial charge in [-0.25, -0.2) is 0 Å². The highest BCUT2D eigenvalue weighted by molar-refractivity contribution is 8.18. The van der Waals surface area contributed by atoms with E-state index in [4.69, 9.17) is 0 Å². The first kappa shape index (κ1) is 23.0. The monoisotopic (exact) mass is 479 g/mol. The molecule has 0 radical (unpaired) electrons. The summed E-state index contributed by atoms with van der Waals surface area (Å²) in [6, 6.07) is 7.28. The van der Waals surface area contributed by atoms with E-state index in [2.05, 4.69) is 48.7 Å². The van der Waals surface area contributed by atoms with Crippen molar-refractivity contribution in [1.82, 2.24) is 36.6 Å². The van der Waals surface area contributed by atoms with Crippen LogP contribution in [0.3, 0.4) is 0 Å². The van der Waals surface area contributed by atoms with Gasteiger partial charge in [-0.1, -0.05) is 6.07 Å². The molecule has 1 saturated heterocycles. The molecule has 3 aliphatic rings. The maximum absolute atomic E-state index is 11.8. The molecule has 1 aromatic heterocycles. The fourth-order valence-electron chi connectivity index (χ4n) is 4.61. The smallest absolute Gasteiger partial charge is 0.290 e. The van der Waals surface area contributed by atoms with E-state index in [1.807, 2.05) is 12.1 Å². The van der Waals surface area contributed by atoms with Crippen LogP contribution in [0.15, 0.2) is 53.3 Å². The lowest BCUT2D eigenvalue weighted by Gasteiger charge is -2.35. The van der Waals surface area contributed by atoms with E-state index in [1.54, 1.807) is 18.5 Å². The lowest BCUT2D eigenvalue weighted by atomic mass is 9.91. The topological polar surface area (TPSA) is 120 Å². The molecule has 1 saturated carbocycles. The second-order valence-electron chi connectivity index (χ2n) is 8.80. The Balaban J connectivity index is 1.03. The van der Waals surface area contributed by atoms with E-state index in [0.29, 0.717) is 23.5 Å². The molecule has 5 N–H and O–H groups in total. The first-order valence-electron chi connectivity index (χ1n) is 11.8. The predicted molar refractivity (Wildman–Crippen MR) is 133 cm³/mol. The van der Waals surface area contributed by atoms with E-state index in [9.17, 15) is 9.59 Å². The van der Waals surface area contributed by atoms with Crippen molar-refractivity contribution in [2.45, 2.75) is 50.5 Å². The normalized spacial score (nSPS) is 26.4.